The lowest BCUT2D eigenvalue weighted by atomic mass is 10.00. The molecule has 1 atom stereocenters. The molecule has 100 valence electrons. The van der Waals surface area contributed by atoms with Crippen molar-refractivity contribution in [1.82, 2.24) is 0 Å². The monoisotopic (exact) mass is 268 g/mol. The summed E-state index contributed by atoms with van der Waals surface area (Å²) >= 11 is 0. The van der Waals surface area contributed by atoms with Gasteiger partial charge in [-0.1, -0.05) is 12.1 Å². The van der Waals surface area contributed by atoms with Crippen LogP contribution in [0.2, 0.25) is 0 Å². The van der Waals surface area contributed by atoms with Gasteiger partial charge in [0, 0.05) is 0 Å². The highest BCUT2D eigenvalue weighted by Crippen LogP contribution is 2.29. The largest absolute Gasteiger partial charge is 0.494 e. The van der Waals surface area contributed by atoms with Gasteiger partial charge in [-0.3, -0.25) is 0 Å². The van der Waals surface area contributed by atoms with Crippen LogP contribution in [0.15, 0.2) is 36.4 Å². The highest BCUT2D eigenvalue weighted by molar-refractivity contribution is 5.37. The third-order valence-electron chi connectivity index (χ3n) is 2.76. The summed E-state index contributed by atoms with van der Waals surface area (Å²) in [5.74, 6) is -2.45. The van der Waals surface area contributed by atoms with E-state index in [1.165, 1.54) is 25.3 Å². The zero-order chi connectivity index (χ0) is 14.0. The molecule has 0 bridgehead atoms. The maximum absolute atomic E-state index is 13.5. The molecule has 0 heterocycles. The average Bonchev–Trinajstić information content (AvgIpc) is 2.39. The van der Waals surface area contributed by atoms with E-state index in [4.69, 9.17) is 4.74 Å². The zero-order valence-corrected chi connectivity index (χ0v) is 10.0. The fourth-order valence-corrected chi connectivity index (χ4v) is 1.79. The number of ether oxygens (including phenoxy) is 1. The summed E-state index contributed by atoms with van der Waals surface area (Å²) < 4.78 is 45.1. The Morgan fingerprint density at radius 2 is 1.63 bits per heavy atom. The molecule has 0 aromatic heterocycles. The Morgan fingerprint density at radius 1 is 1.00 bits per heavy atom. The van der Waals surface area contributed by atoms with E-state index in [2.05, 4.69) is 0 Å². The lowest BCUT2D eigenvalue weighted by molar-refractivity contribution is 0.208. The zero-order valence-electron chi connectivity index (χ0n) is 10.0. The second-order valence-corrected chi connectivity index (χ2v) is 3.93. The van der Waals surface area contributed by atoms with Gasteiger partial charge in [-0.05, 0) is 29.8 Å². The van der Waals surface area contributed by atoms with Gasteiger partial charge in [-0.2, -0.15) is 0 Å². The van der Waals surface area contributed by atoms with Crippen LogP contribution in [0, 0.1) is 17.5 Å². The van der Waals surface area contributed by atoms with Crippen LogP contribution in [0.25, 0.3) is 0 Å². The Hall–Kier alpha value is -2.01. The Balaban J connectivity index is 2.47. The molecule has 2 nitrogen and oxygen atoms in total. The fraction of sp³-hybridized carbons (Fsp3) is 0.143. The summed E-state index contributed by atoms with van der Waals surface area (Å²) in [7, 11) is 1.26. The highest BCUT2D eigenvalue weighted by Gasteiger charge is 2.20. The Labute approximate surface area is 108 Å². The molecule has 1 N–H and O–H groups in total. The molecule has 0 aliphatic heterocycles. The molecule has 0 spiro atoms. The molecule has 0 fully saturated rings. The van der Waals surface area contributed by atoms with Crippen molar-refractivity contribution in [3.8, 4) is 5.75 Å². The lowest BCUT2D eigenvalue weighted by Gasteiger charge is -2.14. The van der Waals surface area contributed by atoms with Crippen LogP contribution in [0.1, 0.15) is 17.2 Å². The minimum Gasteiger partial charge on any atom is -0.494 e. The van der Waals surface area contributed by atoms with E-state index in [9.17, 15) is 18.3 Å². The van der Waals surface area contributed by atoms with E-state index in [1.807, 2.05) is 0 Å². The molecule has 0 amide bonds. The van der Waals surface area contributed by atoms with Crippen LogP contribution >= 0.6 is 0 Å². The van der Waals surface area contributed by atoms with Crippen molar-refractivity contribution >= 4 is 0 Å². The third-order valence-corrected chi connectivity index (χ3v) is 2.76. The molecule has 0 saturated heterocycles. The van der Waals surface area contributed by atoms with Crippen molar-refractivity contribution in [1.29, 1.82) is 0 Å². The minimum absolute atomic E-state index is 0.103. The number of benzene rings is 2. The van der Waals surface area contributed by atoms with Gasteiger partial charge in [0.2, 0.25) is 0 Å². The van der Waals surface area contributed by atoms with Crippen molar-refractivity contribution in [2.24, 2.45) is 0 Å². The minimum atomic E-state index is -1.53. The van der Waals surface area contributed by atoms with E-state index >= 15 is 0 Å². The fourth-order valence-electron chi connectivity index (χ4n) is 1.79. The maximum atomic E-state index is 13.5. The van der Waals surface area contributed by atoms with E-state index in [-0.39, 0.29) is 11.3 Å². The number of rotatable bonds is 3. The SMILES string of the molecule is COc1cc(C(O)c2c(F)cccc2F)ccc1F. The quantitative estimate of drug-likeness (QED) is 0.926. The maximum Gasteiger partial charge on any atom is 0.165 e. The van der Waals surface area contributed by atoms with Gasteiger partial charge in [-0.25, -0.2) is 13.2 Å². The summed E-state index contributed by atoms with van der Waals surface area (Å²) in [5, 5.41) is 10.0. The van der Waals surface area contributed by atoms with Crippen LogP contribution < -0.4 is 4.74 Å². The first-order valence-corrected chi connectivity index (χ1v) is 5.50. The molecular weight excluding hydrogens is 257 g/mol. The van der Waals surface area contributed by atoms with E-state index in [0.29, 0.717) is 0 Å². The van der Waals surface area contributed by atoms with Gasteiger partial charge >= 0.3 is 0 Å². The van der Waals surface area contributed by atoms with Gasteiger partial charge in [0.05, 0.1) is 12.7 Å². The van der Waals surface area contributed by atoms with Crippen LogP contribution in [0.5, 0.6) is 5.75 Å². The molecule has 1 unspecified atom stereocenters. The molecule has 0 saturated carbocycles. The summed E-state index contributed by atoms with van der Waals surface area (Å²) in [5.41, 5.74) is -0.335. The van der Waals surface area contributed by atoms with Crippen LogP contribution in [0.4, 0.5) is 13.2 Å². The smallest absolute Gasteiger partial charge is 0.165 e. The Morgan fingerprint density at radius 3 is 2.21 bits per heavy atom. The van der Waals surface area contributed by atoms with Gasteiger partial charge in [0.15, 0.2) is 11.6 Å². The van der Waals surface area contributed by atoms with Crippen LogP contribution in [0.3, 0.4) is 0 Å². The summed E-state index contributed by atoms with van der Waals surface area (Å²) in [6.45, 7) is 0. The van der Waals surface area contributed by atoms with E-state index in [0.717, 1.165) is 18.2 Å². The Kier molecular flexibility index (Phi) is 3.76. The van der Waals surface area contributed by atoms with Crippen LogP contribution in [-0.2, 0) is 0 Å². The second-order valence-electron chi connectivity index (χ2n) is 3.93. The molecule has 19 heavy (non-hydrogen) atoms. The molecule has 0 radical (unpaired) electrons. The number of aliphatic hydroxyl groups is 1. The lowest BCUT2D eigenvalue weighted by Crippen LogP contribution is -2.06. The topological polar surface area (TPSA) is 29.5 Å². The number of hydrogen-bond donors (Lipinski definition) is 1. The van der Waals surface area contributed by atoms with Crippen molar-refractivity contribution in [3.05, 3.63) is 65.0 Å². The van der Waals surface area contributed by atoms with E-state index in [1.54, 1.807) is 0 Å². The highest BCUT2D eigenvalue weighted by atomic mass is 19.1. The predicted octanol–water partition coefficient (Wildman–Crippen LogP) is 3.19. The molecule has 2 rings (SSSR count). The molecule has 2 aromatic rings. The van der Waals surface area contributed by atoms with Gasteiger partial charge < -0.3 is 9.84 Å². The number of methoxy groups -OCH3 is 1. The number of hydrogen-bond acceptors (Lipinski definition) is 2. The summed E-state index contributed by atoms with van der Waals surface area (Å²) in [4.78, 5) is 0. The van der Waals surface area contributed by atoms with Crippen molar-refractivity contribution in [2.45, 2.75) is 6.10 Å². The van der Waals surface area contributed by atoms with Gasteiger partial charge in [-0.15, -0.1) is 0 Å². The average molecular weight is 268 g/mol. The van der Waals surface area contributed by atoms with Gasteiger partial charge in [0.1, 0.15) is 17.7 Å². The second kappa shape index (κ2) is 5.32. The Bertz CT molecular complexity index is 579. The predicted molar refractivity (Wildman–Crippen MR) is 63.4 cm³/mol. The van der Waals surface area contributed by atoms with Crippen molar-refractivity contribution < 1.29 is 23.0 Å². The van der Waals surface area contributed by atoms with Gasteiger partial charge in [0.25, 0.3) is 0 Å². The van der Waals surface area contributed by atoms with E-state index < -0.39 is 29.1 Å². The molecular formula is C14H11F3O2. The normalized spacial score (nSPS) is 12.3. The number of halogens is 3. The molecule has 0 aliphatic carbocycles. The van der Waals surface area contributed by atoms with Crippen molar-refractivity contribution in [3.63, 3.8) is 0 Å². The first kappa shape index (κ1) is 13.4. The molecule has 2 aromatic carbocycles. The first-order valence-electron chi connectivity index (χ1n) is 5.50. The van der Waals surface area contributed by atoms with Crippen molar-refractivity contribution in [2.75, 3.05) is 7.11 Å². The van der Waals surface area contributed by atoms with Crippen LogP contribution in [-0.4, -0.2) is 12.2 Å². The summed E-state index contributed by atoms with van der Waals surface area (Å²) in [6, 6.07) is 6.80. The standard InChI is InChI=1S/C14H11F3O2/c1-19-12-7-8(5-6-9(12)15)14(18)13-10(16)3-2-4-11(13)17/h2-7,14,18H,1H3. The first-order chi connectivity index (χ1) is 9.04. The number of aliphatic hydroxyl groups excluding tert-OH is 1. The molecule has 0 aliphatic rings. The third kappa shape index (κ3) is 2.56. The molecule has 5 heteroatoms. The summed E-state index contributed by atoms with van der Waals surface area (Å²) in [6.07, 6.45) is -1.53.